The van der Waals surface area contributed by atoms with E-state index in [2.05, 4.69) is 9.47 Å². The van der Waals surface area contributed by atoms with E-state index in [9.17, 15) is 9.59 Å². The molecule has 28 heavy (non-hydrogen) atoms. The lowest BCUT2D eigenvalue weighted by atomic mass is 9.86. The van der Waals surface area contributed by atoms with Gasteiger partial charge in [-0.3, -0.25) is 9.59 Å². The van der Waals surface area contributed by atoms with Gasteiger partial charge in [0.25, 0.3) is 0 Å². The molecular weight excluding hydrogens is 372 g/mol. The molecule has 2 fully saturated rings. The fraction of sp³-hybridized carbons (Fsp3) is 0.565. The monoisotopic (exact) mass is 400 g/mol. The minimum Gasteiger partial charge on any atom is -0.345 e. The van der Waals surface area contributed by atoms with E-state index in [1.165, 1.54) is 32.1 Å². The molecule has 1 saturated heterocycles. The van der Waals surface area contributed by atoms with E-state index in [1.54, 1.807) is 6.92 Å². The molecule has 0 radical (unpaired) electrons. The molecule has 150 valence electrons. The summed E-state index contributed by atoms with van der Waals surface area (Å²) in [4.78, 5) is 27.2. The van der Waals surface area contributed by atoms with Crippen molar-refractivity contribution in [3.63, 3.8) is 0 Å². The third-order valence-electron chi connectivity index (χ3n) is 6.52. The molecule has 2 aliphatic rings. The molecule has 0 bridgehead atoms. The first-order valence-electron chi connectivity index (χ1n) is 10.6. The molecule has 0 unspecified atom stereocenters. The van der Waals surface area contributed by atoms with Crippen LogP contribution >= 0.6 is 11.6 Å². The maximum atomic E-state index is 13.0. The number of hydrogen-bond acceptors (Lipinski definition) is 2. The third kappa shape index (κ3) is 3.98. The maximum Gasteiger partial charge on any atom is 0.223 e. The Morgan fingerprint density at radius 1 is 1.11 bits per heavy atom. The number of fused-ring (bicyclic) bond motifs is 1. The van der Waals surface area contributed by atoms with Crippen molar-refractivity contribution in [2.45, 2.75) is 70.9 Å². The summed E-state index contributed by atoms with van der Waals surface area (Å²) in [5.41, 5.74) is 1.70. The number of likely N-dealkylation sites (tertiary alicyclic amines) is 1. The summed E-state index contributed by atoms with van der Waals surface area (Å²) in [6.45, 7) is 3.18. The van der Waals surface area contributed by atoms with Gasteiger partial charge >= 0.3 is 0 Å². The molecule has 4 rings (SSSR count). The summed E-state index contributed by atoms with van der Waals surface area (Å²) in [6.07, 6.45) is 11.0. The van der Waals surface area contributed by atoms with Gasteiger partial charge < -0.3 is 9.47 Å². The minimum absolute atomic E-state index is 0.0581. The zero-order valence-electron chi connectivity index (χ0n) is 16.6. The topological polar surface area (TPSA) is 42.3 Å². The van der Waals surface area contributed by atoms with Crippen molar-refractivity contribution in [1.29, 1.82) is 0 Å². The highest BCUT2D eigenvalue weighted by atomic mass is 35.5. The van der Waals surface area contributed by atoms with Gasteiger partial charge in [-0.25, -0.2) is 0 Å². The van der Waals surface area contributed by atoms with E-state index >= 15 is 0 Å². The molecule has 0 spiro atoms. The van der Waals surface area contributed by atoms with Crippen LogP contribution in [0.1, 0.15) is 68.6 Å². The number of benzene rings is 1. The minimum atomic E-state index is 0.0581. The van der Waals surface area contributed by atoms with Crippen molar-refractivity contribution in [1.82, 2.24) is 9.47 Å². The number of ketones is 1. The van der Waals surface area contributed by atoms with Crippen LogP contribution in [0.5, 0.6) is 0 Å². The van der Waals surface area contributed by atoms with Crippen molar-refractivity contribution in [2.24, 2.45) is 5.92 Å². The number of carbonyl (C=O) groups is 2. The number of carbonyl (C=O) groups excluding carboxylic acids is 2. The standard InChI is InChI=1S/C23H29ClN2O2/c1-16(27)21-15-25(22-13-18(24)9-10-20(21)22)14-19-8-5-11-26(19)23(28)12-17-6-3-2-4-7-17/h9-10,13,15,17,19H,2-8,11-12,14H2,1H3/t19-/m0/s1. The second kappa shape index (κ2) is 8.28. The Labute approximate surface area is 171 Å². The maximum absolute atomic E-state index is 13.0. The normalized spacial score (nSPS) is 20.8. The Morgan fingerprint density at radius 3 is 2.64 bits per heavy atom. The first-order chi connectivity index (χ1) is 13.5. The Morgan fingerprint density at radius 2 is 1.89 bits per heavy atom. The highest BCUT2D eigenvalue weighted by molar-refractivity contribution is 6.31. The van der Waals surface area contributed by atoms with Gasteiger partial charge in [0.2, 0.25) is 5.91 Å². The van der Waals surface area contributed by atoms with Gasteiger partial charge in [-0.15, -0.1) is 0 Å². The van der Waals surface area contributed by atoms with Gasteiger partial charge in [-0.2, -0.15) is 0 Å². The lowest BCUT2D eigenvalue weighted by Gasteiger charge is -2.28. The lowest BCUT2D eigenvalue weighted by molar-refractivity contribution is -0.133. The summed E-state index contributed by atoms with van der Waals surface area (Å²) in [5.74, 6) is 0.941. The molecule has 1 amide bonds. The molecule has 2 aromatic rings. The molecule has 5 heteroatoms. The molecule has 2 heterocycles. The van der Waals surface area contributed by atoms with Crippen molar-refractivity contribution >= 4 is 34.2 Å². The number of Topliss-reactive ketones (excluding diaryl/α,β-unsaturated/α-hetero) is 1. The largest absolute Gasteiger partial charge is 0.345 e. The highest BCUT2D eigenvalue weighted by Gasteiger charge is 2.31. The number of amides is 1. The van der Waals surface area contributed by atoms with Crippen LogP contribution in [0.3, 0.4) is 0 Å². The molecule has 1 aromatic carbocycles. The molecule has 1 atom stereocenters. The van der Waals surface area contributed by atoms with E-state index < -0.39 is 0 Å². The summed E-state index contributed by atoms with van der Waals surface area (Å²) in [5, 5.41) is 1.61. The zero-order valence-corrected chi connectivity index (χ0v) is 17.4. The second-order valence-corrected chi connectivity index (χ2v) is 8.94. The smallest absolute Gasteiger partial charge is 0.223 e. The predicted molar refractivity (Wildman–Crippen MR) is 113 cm³/mol. The van der Waals surface area contributed by atoms with E-state index in [0.29, 0.717) is 23.3 Å². The Kier molecular flexibility index (Phi) is 5.77. The number of halogens is 1. The van der Waals surface area contributed by atoms with Crippen molar-refractivity contribution in [2.75, 3.05) is 6.54 Å². The number of aromatic nitrogens is 1. The quantitative estimate of drug-likeness (QED) is 0.625. The van der Waals surface area contributed by atoms with Gasteiger partial charge in [0.05, 0.1) is 5.52 Å². The van der Waals surface area contributed by atoms with E-state index in [0.717, 1.165) is 42.4 Å². The number of nitrogens with zero attached hydrogens (tertiary/aromatic N) is 2. The van der Waals surface area contributed by atoms with Crippen LogP contribution in [0.25, 0.3) is 10.9 Å². The first-order valence-corrected chi connectivity index (χ1v) is 11.0. The van der Waals surface area contributed by atoms with Gasteiger partial charge in [0.15, 0.2) is 5.78 Å². The van der Waals surface area contributed by atoms with Gasteiger partial charge in [-0.1, -0.05) is 36.9 Å². The van der Waals surface area contributed by atoms with Crippen molar-refractivity contribution in [3.8, 4) is 0 Å². The molecule has 1 aliphatic carbocycles. The molecule has 4 nitrogen and oxygen atoms in total. The molecular formula is C23H29ClN2O2. The van der Waals surface area contributed by atoms with Crippen LogP contribution in [0.4, 0.5) is 0 Å². The SMILES string of the molecule is CC(=O)c1cn(C[C@@H]2CCCN2C(=O)CC2CCCCC2)c2cc(Cl)ccc12. The summed E-state index contributed by atoms with van der Waals surface area (Å²) >= 11 is 6.22. The van der Waals surface area contributed by atoms with Crippen LogP contribution in [-0.2, 0) is 11.3 Å². The van der Waals surface area contributed by atoms with Crippen LogP contribution in [0.2, 0.25) is 5.02 Å². The highest BCUT2D eigenvalue weighted by Crippen LogP contribution is 2.30. The van der Waals surface area contributed by atoms with Crippen molar-refractivity contribution in [3.05, 3.63) is 35.0 Å². The van der Waals surface area contributed by atoms with Crippen LogP contribution in [-0.4, -0.2) is 33.7 Å². The van der Waals surface area contributed by atoms with E-state index in [-0.39, 0.29) is 11.8 Å². The van der Waals surface area contributed by atoms with Crippen LogP contribution < -0.4 is 0 Å². The molecule has 0 N–H and O–H groups in total. The summed E-state index contributed by atoms with van der Waals surface area (Å²) in [7, 11) is 0. The fourth-order valence-electron chi connectivity index (χ4n) is 5.03. The van der Waals surface area contributed by atoms with Crippen LogP contribution in [0, 0.1) is 5.92 Å². The molecule has 1 aliphatic heterocycles. The summed E-state index contributed by atoms with van der Waals surface area (Å²) < 4.78 is 2.12. The van der Waals surface area contributed by atoms with Gasteiger partial charge in [0.1, 0.15) is 0 Å². The fourth-order valence-corrected chi connectivity index (χ4v) is 5.20. The molecule has 1 aromatic heterocycles. The third-order valence-corrected chi connectivity index (χ3v) is 6.75. The predicted octanol–water partition coefficient (Wildman–Crippen LogP) is 5.46. The van der Waals surface area contributed by atoms with Gasteiger partial charge in [-0.05, 0) is 50.7 Å². The van der Waals surface area contributed by atoms with E-state index in [4.69, 9.17) is 11.6 Å². The average Bonchev–Trinajstić information content (AvgIpc) is 3.28. The van der Waals surface area contributed by atoms with Crippen molar-refractivity contribution < 1.29 is 9.59 Å². The Balaban J connectivity index is 1.53. The van der Waals surface area contributed by atoms with E-state index in [1.807, 2.05) is 24.4 Å². The number of hydrogen-bond donors (Lipinski definition) is 0. The molecule has 1 saturated carbocycles. The second-order valence-electron chi connectivity index (χ2n) is 8.50. The van der Waals surface area contributed by atoms with Gasteiger partial charge in [0, 0.05) is 47.7 Å². The first kappa shape index (κ1) is 19.5. The average molecular weight is 401 g/mol. The summed E-state index contributed by atoms with van der Waals surface area (Å²) in [6, 6.07) is 5.87. The van der Waals surface area contributed by atoms with Crippen LogP contribution in [0.15, 0.2) is 24.4 Å². The Bertz CT molecular complexity index is 882. The number of rotatable bonds is 5. The Hall–Kier alpha value is -1.81. The zero-order chi connectivity index (χ0) is 19.7. The lowest BCUT2D eigenvalue weighted by Crippen LogP contribution is -2.39.